The Morgan fingerprint density at radius 3 is 1.64 bits per heavy atom. The first kappa shape index (κ1) is 22.7. The van der Waals surface area contributed by atoms with Crippen molar-refractivity contribution >= 4 is 0 Å². The Labute approximate surface area is 170 Å². The second-order valence-electron chi connectivity index (χ2n) is 5.54. The number of benzene rings is 1. The molecule has 1 aromatic rings. The minimum absolute atomic E-state index is 0. The number of hydrogen-bond donors (Lipinski definition) is 0. The first-order chi connectivity index (χ1) is 11.8. The van der Waals surface area contributed by atoms with Crippen molar-refractivity contribution in [2.24, 2.45) is 5.92 Å². The van der Waals surface area contributed by atoms with Gasteiger partial charge in [-0.05, 0) is 71.1 Å². The molecule has 1 aromatic carbocycles. The summed E-state index contributed by atoms with van der Waals surface area (Å²) in [6.07, 6.45) is 23.5. The zero-order valence-corrected chi connectivity index (χ0v) is 16.2. The van der Waals surface area contributed by atoms with Gasteiger partial charge in [-0.1, -0.05) is 6.07 Å². The molecule has 1 nitrogen and oxygen atoms in total. The van der Waals surface area contributed by atoms with Gasteiger partial charge in [0.1, 0.15) is 0 Å². The zero-order valence-electron chi connectivity index (χ0n) is 14.6. The molecule has 25 heavy (non-hydrogen) atoms. The molecule has 3 fully saturated rings. The fourth-order valence-corrected chi connectivity index (χ4v) is 2.31. The SMILES string of the molecule is [CH2-]C1COC(C)C1=[C-]c1ccccc1.[CH]1[CH][CH][CH][CH]1.[CH]1[CH][CH][CH][CH]1.[Ti+4]. The quantitative estimate of drug-likeness (QED) is 0.520. The third-order valence-corrected chi connectivity index (χ3v) is 3.60. The second kappa shape index (κ2) is 13.8. The van der Waals surface area contributed by atoms with Crippen molar-refractivity contribution < 1.29 is 26.5 Å². The Hall–Kier alpha value is -0.366. The Bertz CT molecular complexity index is 423. The molecule has 0 amide bonds. The first-order valence-corrected chi connectivity index (χ1v) is 8.24. The van der Waals surface area contributed by atoms with Gasteiger partial charge < -0.3 is 11.7 Å². The maximum absolute atomic E-state index is 5.49. The zero-order chi connectivity index (χ0) is 17.0. The van der Waals surface area contributed by atoms with E-state index in [1.165, 1.54) is 5.57 Å². The van der Waals surface area contributed by atoms with E-state index in [0.717, 1.165) is 12.2 Å². The van der Waals surface area contributed by atoms with Crippen LogP contribution in [0.25, 0.3) is 0 Å². The summed E-state index contributed by atoms with van der Waals surface area (Å²) in [4.78, 5) is 0. The molecular weight excluding hydrogens is 340 g/mol. The van der Waals surface area contributed by atoms with Crippen molar-refractivity contribution in [3.05, 3.63) is 119 Å². The minimum atomic E-state index is 0. The van der Waals surface area contributed by atoms with Gasteiger partial charge in [0.2, 0.25) is 0 Å². The molecule has 3 aliphatic rings. The van der Waals surface area contributed by atoms with Crippen LogP contribution in [0.5, 0.6) is 0 Å². The second-order valence-corrected chi connectivity index (χ2v) is 5.54. The van der Waals surface area contributed by atoms with Gasteiger partial charge in [0, 0.05) is 6.61 Å². The summed E-state index contributed by atoms with van der Waals surface area (Å²) in [5.74, 6) is 0.255. The third kappa shape index (κ3) is 9.22. The van der Waals surface area contributed by atoms with Gasteiger partial charge in [-0.25, -0.2) is 0 Å². The summed E-state index contributed by atoms with van der Waals surface area (Å²) < 4.78 is 5.49. The van der Waals surface area contributed by atoms with E-state index in [2.05, 4.69) is 19.9 Å². The van der Waals surface area contributed by atoms with E-state index in [-0.39, 0.29) is 33.7 Å². The van der Waals surface area contributed by atoms with Crippen molar-refractivity contribution in [3.63, 3.8) is 0 Å². The van der Waals surface area contributed by atoms with Crippen LogP contribution in [-0.4, -0.2) is 12.7 Å². The summed E-state index contributed by atoms with van der Waals surface area (Å²) in [5.41, 5.74) is 2.28. The van der Waals surface area contributed by atoms with E-state index in [1.807, 2.05) is 94.5 Å². The molecule has 0 bridgehead atoms. The molecule has 10 radical (unpaired) electrons. The van der Waals surface area contributed by atoms with Gasteiger partial charge in [0.05, 0.1) is 6.10 Å². The molecule has 0 N–H and O–H groups in total. The number of hydrogen-bond acceptors (Lipinski definition) is 1. The Kier molecular flexibility index (Phi) is 12.5. The van der Waals surface area contributed by atoms with Gasteiger partial charge in [0.15, 0.2) is 0 Å². The van der Waals surface area contributed by atoms with Gasteiger partial charge in [-0.3, -0.25) is 0 Å². The maximum atomic E-state index is 5.49. The van der Waals surface area contributed by atoms with Gasteiger partial charge >= 0.3 is 21.7 Å². The molecule has 0 spiro atoms. The van der Waals surface area contributed by atoms with Crippen molar-refractivity contribution in [3.8, 4) is 0 Å². The van der Waals surface area contributed by atoms with E-state index in [9.17, 15) is 0 Å². The topological polar surface area (TPSA) is 9.23 Å². The van der Waals surface area contributed by atoms with Crippen molar-refractivity contribution in [1.29, 1.82) is 0 Å². The largest absolute Gasteiger partial charge is 4.00 e. The fourth-order valence-electron chi connectivity index (χ4n) is 2.31. The molecule has 0 aromatic heterocycles. The molecule has 2 unspecified atom stereocenters. The van der Waals surface area contributed by atoms with E-state index in [0.29, 0.717) is 0 Å². The molecule has 2 saturated carbocycles. The Morgan fingerprint density at radius 1 is 0.840 bits per heavy atom. The molecule has 4 rings (SSSR count). The molecular formula is C23H24OTi+2. The van der Waals surface area contributed by atoms with E-state index in [4.69, 9.17) is 4.74 Å². The van der Waals surface area contributed by atoms with Gasteiger partial charge in [-0.15, -0.1) is 23.6 Å². The van der Waals surface area contributed by atoms with Crippen molar-refractivity contribution in [1.82, 2.24) is 0 Å². The van der Waals surface area contributed by atoms with Crippen LogP contribution < -0.4 is 0 Å². The maximum Gasteiger partial charge on any atom is 4.00 e. The average Bonchev–Trinajstić information content (AvgIpc) is 3.38. The first-order valence-electron chi connectivity index (χ1n) is 8.24. The summed E-state index contributed by atoms with van der Waals surface area (Å²) in [6, 6.07) is 10.1. The standard InChI is InChI=1S/C13H14O.2C5H5.Ti/c1-10-9-14-11(2)13(10)8-12-6-4-3-5-7-12;2*1-2-4-5-3-1;/h3-7,10-11H,1,9H2,2H3;2*1-5H;/q-2;;;+4. The van der Waals surface area contributed by atoms with Crippen LogP contribution >= 0.6 is 0 Å². The Morgan fingerprint density at radius 2 is 1.28 bits per heavy atom. The smallest absolute Gasteiger partial charge is 0.377 e. The van der Waals surface area contributed by atoms with Gasteiger partial charge in [0.25, 0.3) is 0 Å². The van der Waals surface area contributed by atoms with E-state index >= 15 is 0 Å². The van der Waals surface area contributed by atoms with Crippen LogP contribution in [0.4, 0.5) is 0 Å². The molecule has 2 aliphatic carbocycles. The number of ether oxygens (including phenoxy) is 1. The van der Waals surface area contributed by atoms with Crippen LogP contribution in [0.3, 0.4) is 0 Å². The summed E-state index contributed by atoms with van der Waals surface area (Å²) >= 11 is 0. The molecule has 2 heteroatoms. The molecule has 1 saturated heterocycles. The minimum Gasteiger partial charge on any atom is -0.377 e. The third-order valence-electron chi connectivity index (χ3n) is 3.60. The van der Waals surface area contributed by atoms with Crippen molar-refractivity contribution in [2.75, 3.05) is 6.61 Å². The van der Waals surface area contributed by atoms with Crippen molar-refractivity contribution in [2.45, 2.75) is 13.0 Å². The van der Waals surface area contributed by atoms with E-state index < -0.39 is 0 Å². The predicted octanol–water partition coefficient (Wildman–Crippen LogP) is 4.67. The normalized spacial score (nSPS) is 26.2. The average molecular weight is 364 g/mol. The van der Waals surface area contributed by atoms with Crippen LogP contribution in [0.15, 0.2) is 35.9 Å². The van der Waals surface area contributed by atoms with Crippen LogP contribution in [0, 0.1) is 83.1 Å². The Balaban J connectivity index is 0.000000233. The molecule has 2 atom stereocenters. The monoisotopic (exact) mass is 364 g/mol. The molecule has 1 aliphatic heterocycles. The van der Waals surface area contributed by atoms with Crippen LogP contribution in [-0.2, 0) is 26.5 Å². The summed E-state index contributed by atoms with van der Waals surface area (Å²) in [5, 5.41) is 0. The van der Waals surface area contributed by atoms with E-state index in [1.54, 1.807) is 0 Å². The van der Waals surface area contributed by atoms with Crippen LogP contribution in [0.2, 0.25) is 0 Å². The fraction of sp³-hybridized carbons (Fsp3) is 0.174. The molecule has 1 heterocycles. The van der Waals surface area contributed by atoms with Crippen LogP contribution in [0.1, 0.15) is 12.5 Å². The summed E-state index contributed by atoms with van der Waals surface area (Å²) in [6.45, 7) is 6.81. The number of rotatable bonds is 1. The molecule has 124 valence electrons. The van der Waals surface area contributed by atoms with Gasteiger partial charge in [-0.2, -0.15) is 23.8 Å². The summed E-state index contributed by atoms with van der Waals surface area (Å²) in [7, 11) is 0. The predicted molar refractivity (Wildman–Crippen MR) is 99.6 cm³/mol.